The van der Waals surface area contributed by atoms with Gasteiger partial charge in [0.2, 0.25) is 0 Å². The van der Waals surface area contributed by atoms with Gasteiger partial charge in [-0.3, -0.25) is 9.35 Å². The molecule has 0 aliphatic heterocycles. The maximum atomic E-state index is 10.3. The van der Waals surface area contributed by atoms with Crippen LogP contribution < -0.4 is 29.6 Å². The topological polar surface area (TPSA) is 101 Å². The maximum absolute atomic E-state index is 10.3. The third-order valence-corrected chi connectivity index (χ3v) is 7.19. The number of unbranched alkanes of at least 4 members (excludes halogenated alkanes) is 23. The van der Waals surface area contributed by atoms with Crippen LogP contribution >= 0.6 is 0 Å². The molecule has 0 bridgehead atoms. The monoisotopic (exact) mass is 574 g/mol. The Labute approximate surface area is 260 Å². The molecule has 0 spiro atoms. The van der Waals surface area contributed by atoms with E-state index < -0.39 is 16.4 Å². The quantitative estimate of drug-likeness (QED) is 0.0583. The van der Waals surface area contributed by atoms with E-state index in [0.717, 1.165) is 25.7 Å². The predicted molar refractivity (Wildman–Crippen MR) is 158 cm³/mol. The molecule has 0 amide bonds. The average molecular weight is 575 g/mol. The fourth-order valence-corrected chi connectivity index (χ4v) is 4.73. The van der Waals surface area contributed by atoms with Crippen molar-refractivity contribution < 1.29 is 58.0 Å². The summed E-state index contributed by atoms with van der Waals surface area (Å²) in [5, 5.41) is 8.52. The third kappa shape index (κ3) is 46.2. The Kier molecular flexibility index (Phi) is 39.8. The number of carboxylic acids is 1. The molecule has 2 N–H and O–H groups in total. The Morgan fingerprint density at radius 2 is 0.816 bits per heavy atom. The minimum absolute atomic E-state index is 0. The van der Waals surface area contributed by atoms with Crippen molar-refractivity contribution in [3.05, 3.63) is 0 Å². The summed E-state index contributed by atoms with van der Waals surface area (Å²) >= 11 is 0. The zero-order valence-electron chi connectivity index (χ0n) is 26.5. The summed E-state index contributed by atoms with van der Waals surface area (Å²) in [6.45, 7) is 4.58. The van der Waals surface area contributed by atoms with E-state index in [1.807, 2.05) is 0 Å². The molecule has 0 unspecified atom stereocenters. The SMILES string of the molecule is CCCCCCCCCCCCCCCCCC(=O)O.CCCCCCCCCCCCOS(=O)(=O)O.[H-].[Na+]. The second kappa shape index (κ2) is 35.4. The summed E-state index contributed by atoms with van der Waals surface area (Å²) < 4.78 is 33.0. The van der Waals surface area contributed by atoms with Gasteiger partial charge in [-0.2, -0.15) is 8.42 Å². The molecular weight excluding hydrogens is 511 g/mol. The van der Waals surface area contributed by atoms with Crippen molar-refractivity contribution in [1.29, 1.82) is 0 Å². The predicted octanol–water partition coefficient (Wildman–Crippen LogP) is 7.18. The van der Waals surface area contributed by atoms with Crippen LogP contribution in [0, 0.1) is 0 Å². The smallest absolute Gasteiger partial charge is 1.00 e. The van der Waals surface area contributed by atoms with Crippen molar-refractivity contribution in [3.8, 4) is 0 Å². The molecule has 0 aliphatic carbocycles. The average Bonchev–Trinajstić information content (AvgIpc) is 2.84. The van der Waals surface area contributed by atoms with Crippen LogP contribution in [-0.2, 0) is 19.4 Å². The number of aliphatic carboxylic acids is 1. The molecule has 6 nitrogen and oxygen atoms in total. The van der Waals surface area contributed by atoms with E-state index in [1.54, 1.807) is 0 Å². The molecule has 226 valence electrons. The zero-order valence-corrected chi connectivity index (χ0v) is 28.3. The van der Waals surface area contributed by atoms with Crippen molar-refractivity contribution in [2.75, 3.05) is 6.61 Å². The van der Waals surface area contributed by atoms with Crippen LogP contribution in [0.2, 0.25) is 0 Å². The van der Waals surface area contributed by atoms with Crippen LogP contribution in [0.15, 0.2) is 0 Å². The van der Waals surface area contributed by atoms with E-state index in [0.29, 0.717) is 12.8 Å². The van der Waals surface area contributed by atoms with Crippen molar-refractivity contribution in [2.24, 2.45) is 0 Å². The summed E-state index contributed by atoms with van der Waals surface area (Å²) in [4.78, 5) is 10.3. The van der Waals surface area contributed by atoms with Gasteiger partial charge in [-0.15, -0.1) is 0 Å². The molecule has 0 saturated heterocycles. The number of hydrogen-bond donors (Lipinski definition) is 2. The molecule has 0 fully saturated rings. The molecule has 0 atom stereocenters. The Bertz CT molecular complexity index is 564. The number of carboxylic acid groups (broad SMARTS) is 1. The van der Waals surface area contributed by atoms with E-state index >= 15 is 0 Å². The van der Waals surface area contributed by atoms with Gasteiger partial charge in [0.05, 0.1) is 6.61 Å². The Balaban J connectivity index is -0.000000302. The van der Waals surface area contributed by atoms with Crippen LogP contribution in [0.25, 0.3) is 0 Å². The number of carbonyl (C=O) groups is 1. The van der Waals surface area contributed by atoms with Crippen molar-refractivity contribution >= 4 is 16.4 Å². The summed E-state index contributed by atoms with van der Waals surface area (Å²) in [6, 6.07) is 0. The van der Waals surface area contributed by atoms with Crippen LogP contribution in [0.3, 0.4) is 0 Å². The summed E-state index contributed by atoms with van der Waals surface area (Å²) in [7, 11) is -4.23. The number of hydrogen-bond acceptors (Lipinski definition) is 4. The minimum atomic E-state index is -4.23. The molecule has 0 rings (SSSR count). The summed E-state index contributed by atoms with van der Waals surface area (Å²) in [6.07, 6.45) is 32.1. The molecule has 0 aromatic rings. The van der Waals surface area contributed by atoms with E-state index in [2.05, 4.69) is 18.0 Å². The van der Waals surface area contributed by atoms with Gasteiger partial charge in [0.15, 0.2) is 0 Å². The van der Waals surface area contributed by atoms with Gasteiger partial charge in [0, 0.05) is 6.42 Å². The van der Waals surface area contributed by atoms with Gasteiger partial charge in [-0.05, 0) is 12.8 Å². The standard InChI is InChI=1S/C18H36O2.C12H26O4S.Na.H/c1-2-3-4-5-6-7-8-9-10-11-12-13-14-15-16-17-18(19)20;1-2-3-4-5-6-7-8-9-10-11-12-16-17(13,14)15;;/h2-17H2,1H3,(H,19,20);2-12H2,1H3,(H,13,14,15);;/q;;+1;-1. The van der Waals surface area contributed by atoms with Gasteiger partial charge in [0.25, 0.3) is 0 Å². The molecule has 0 saturated carbocycles. The van der Waals surface area contributed by atoms with E-state index in [-0.39, 0.29) is 37.6 Å². The molecule has 0 aliphatic rings. The first-order chi connectivity index (χ1) is 17.8. The first-order valence-electron chi connectivity index (χ1n) is 15.7. The van der Waals surface area contributed by atoms with Gasteiger partial charge in [0.1, 0.15) is 0 Å². The molecule has 38 heavy (non-hydrogen) atoms. The van der Waals surface area contributed by atoms with E-state index in [4.69, 9.17) is 9.66 Å². The largest absolute Gasteiger partial charge is 1.00 e. The van der Waals surface area contributed by atoms with Gasteiger partial charge < -0.3 is 6.53 Å². The Morgan fingerprint density at radius 1 is 0.553 bits per heavy atom. The normalized spacial score (nSPS) is 11.0. The molecule has 0 radical (unpaired) electrons. The van der Waals surface area contributed by atoms with Crippen LogP contribution in [0.5, 0.6) is 0 Å². The molecular formula is C30H63NaO6S. The molecule has 8 heteroatoms. The summed E-state index contributed by atoms with van der Waals surface area (Å²) in [5.41, 5.74) is 0. The second-order valence-electron chi connectivity index (χ2n) is 10.5. The number of rotatable bonds is 28. The van der Waals surface area contributed by atoms with E-state index in [9.17, 15) is 13.2 Å². The van der Waals surface area contributed by atoms with Crippen LogP contribution in [-0.4, -0.2) is 30.7 Å². The van der Waals surface area contributed by atoms with Gasteiger partial charge >= 0.3 is 45.9 Å². The van der Waals surface area contributed by atoms with E-state index in [1.165, 1.54) is 128 Å². The zero-order chi connectivity index (χ0) is 27.9. The Morgan fingerprint density at radius 3 is 1.08 bits per heavy atom. The fraction of sp³-hybridized carbons (Fsp3) is 0.967. The minimum Gasteiger partial charge on any atom is -1.00 e. The second-order valence-corrected chi connectivity index (χ2v) is 11.6. The third-order valence-electron chi connectivity index (χ3n) is 6.72. The van der Waals surface area contributed by atoms with Gasteiger partial charge in [-0.25, -0.2) is 4.18 Å². The Hall–Kier alpha value is 0.340. The first-order valence-corrected chi connectivity index (χ1v) is 17.0. The van der Waals surface area contributed by atoms with Crippen molar-refractivity contribution in [3.63, 3.8) is 0 Å². The van der Waals surface area contributed by atoms with Gasteiger partial charge in [-0.1, -0.05) is 162 Å². The first kappa shape index (κ1) is 42.8. The molecule has 0 aromatic carbocycles. The molecule has 0 heterocycles. The van der Waals surface area contributed by atoms with Crippen molar-refractivity contribution in [1.82, 2.24) is 0 Å². The maximum Gasteiger partial charge on any atom is 1.00 e. The summed E-state index contributed by atoms with van der Waals surface area (Å²) in [5.74, 6) is -0.653. The fourth-order valence-electron chi connectivity index (χ4n) is 4.40. The van der Waals surface area contributed by atoms with Crippen LogP contribution in [0.1, 0.15) is 182 Å². The van der Waals surface area contributed by atoms with Crippen LogP contribution in [0.4, 0.5) is 0 Å². The molecule has 0 aromatic heterocycles. The van der Waals surface area contributed by atoms with Crippen molar-refractivity contribution in [2.45, 2.75) is 181 Å².